The maximum atomic E-state index is 12.4. The average molecular weight is 270 g/mol. The van der Waals surface area contributed by atoms with Gasteiger partial charge in [-0.3, -0.25) is 9.59 Å². The first-order valence-electron chi connectivity index (χ1n) is 7.30. The summed E-state index contributed by atoms with van der Waals surface area (Å²) in [4.78, 5) is 24.7. The SMILES string of the molecule is CCOC(=O)C(CC(C)C)(CC1CC1)C(=O)OCC. The first-order chi connectivity index (χ1) is 8.96. The molecule has 0 amide bonds. The molecule has 1 saturated carbocycles. The molecule has 1 aliphatic rings. The second-order valence-corrected chi connectivity index (χ2v) is 5.77. The summed E-state index contributed by atoms with van der Waals surface area (Å²) >= 11 is 0. The van der Waals surface area contributed by atoms with Crippen LogP contribution in [0, 0.1) is 17.3 Å². The van der Waals surface area contributed by atoms with Crippen molar-refractivity contribution < 1.29 is 19.1 Å². The van der Waals surface area contributed by atoms with E-state index < -0.39 is 17.4 Å². The van der Waals surface area contributed by atoms with E-state index in [1.54, 1.807) is 13.8 Å². The summed E-state index contributed by atoms with van der Waals surface area (Å²) in [7, 11) is 0. The van der Waals surface area contributed by atoms with Crippen molar-refractivity contribution in [3.05, 3.63) is 0 Å². The monoisotopic (exact) mass is 270 g/mol. The molecule has 0 radical (unpaired) electrons. The molecule has 110 valence electrons. The van der Waals surface area contributed by atoms with Gasteiger partial charge in [-0.25, -0.2) is 0 Å². The summed E-state index contributed by atoms with van der Waals surface area (Å²) in [5, 5.41) is 0. The van der Waals surface area contributed by atoms with Gasteiger partial charge in [-0.15, -0.1) is 0 Å². The normalized spacial score (nSPS) is 15.4. The Morgan fingerprint density at radius 2 is 1.58 bits per heavy atom. The van der Waals surface area contributed by atoms with E-state index >= 15 is 0 Å². The van der Waals surface area contributed by atoms with Gasteiger partial charge in [-0.1, -0.05) is 26.7 Å². The number of hydrogen-bond donors (Lipinski definition) is 0. The molecular formula is C15H26O4. The smallest absolute Gasteiger partial charge is 0.323 e. The summed E-state index contributed by atoms with van der Waals surface area (Å²) in [6.07, 6.45) is 3.27. The van der Waals surface area contributed by atoms with Crippen LogP contribution in [0.3, 0.4) is 0 Å². The summed E-state index contributed by atoms with van der Waals surface area (Å²) in [5.74, 6) is -0.108. The molecule has 1 rings (SSSR count). The highest BCUT2D eigenvalue weighted by Crippen LogP contribution is 2.45. The van der Waals surface area contributed by atoms with E-state index in [2.05, 4.69) is 0 Å². The predicted molar refractivity (Wildman–Crippen MR) is 72.5 cm³/mol. The van der Waals surface area contributed by atoms with Gasteiger partial charge in [-0.05, 0) is 38.5 Å². The predicted octanol–water partition coefficient (Wildman–Crippen LogP) is 2.95. The Morgan fingerprint density at radius 3 is 1.89 bits per heavy atom. The Hall–Kier alpha value is -1.06. The summed E-state index contributed by atoms with van der Waals surface area (Å²) in [5.41, 5.74) is -1.10. The van der Waals surface area contributed by atoms with Crippen LogP contribution >= 0.6 is 0 Å². The molecule has 1 fully saturated rings. The van der Waals surface area contributed by atoms with Crippen LogP contribution in [0.5, 0.6) is 0 Å². The van der Waals surface area contributed by atoms with E-state index in [1.807, 2.05) is 13.8 Å². The van der Waals surface area contributed by atoms with Crippen molar-refractivity contribution in [2.24, 2.45) is 17.3 Å². The second kappa shape index (κ2) is 6.92. The van der Waals surface area contributed by atoms with Gasteiger partial charge in [0.05, 0.1) is 13.2 Å². The Labute approximate surface area is 115 Å². The van der Waals surface area contributed by atoms with Crippen molar-refractivity contribution in [3.63, 3.8) is 0 Å². The Kier molecular flexibility index (Phi) is 5.83. The molecule has 0 heterocycles. The van der Waals surface area contributed by atoms with Crippen LogP contribution < -0.4 is 0 Å². The van der Waals surface area contributed by atoms with E-state index in [4.69, 9.17) is 9.47 Å². The van der Waals surface area contributed by atoms with E-state index in [0.29, 0.717) is 32.0 Å². The quantitative estimate of drug-likeness (QED) is 0.502. The number of hydrogen-bond acceptors (Lipinski definition) is 4. The zero-order valence-electron chi connectivity index (χ0n) is 12.5. The highest BCUT2D eigenvalue weighted by molar-refractivity contribution is 6.00. The van der Waals surface area contributed by atoms with Crippen LogP contribution in [-0.4, -0.2) is 25.2 Å². The molecule has 19 heavy (non-hydrogen) atoms. The van der Waals surface area contributed by atoms with Crippen LogP contribution in [0.15, 0.2) is 0 Å². The van der Waals surface area contributed by atoms with Gasteiger partial charge >= 0.3 is 11.9 Å². The van der Waals surface area contributed by atoms with Crippen LogP contribution in [0.25, 0.3) is 0 Å². The number of esters is 2. The van der Waals surface area contributed by atoms with Crippen LogP contribution in [-0.2, 0) is 19.1 Å². The van der Waals surface area contributed by atoms with Gasteiger partial charge in [0.2, 0.25) is 0 Å². The fraction of sp³-hybridized carbons (Fsp3) is 0.867. The molecule has 0 saturated heterocycles. The lowest BCUT2D eigenvalue weighted by atomic mass is 9.75. The lowest BCUT2D eigenvalue weighted by Crippen LogP contribution is -2.43. The fourth-order valence-corrected chi connectivity index (χ4v) is 2.55. The zero-order chi connectivity index (χ0) is 14.5. The minimum Gasteiger partial charge on any atom is -0.465 e. The van der Waals surface area contributed by atoms with Crippen molar-refractivity contribution >= 4 is 11.9 Å². The van der Waals surface area contributed by atoms with Crippen LogP contribution in [0.4, 0.5) is 0 Å². The molecule has 0 N–H and O–H groups in total. The van der Waals surface area contributed by atoms with Gasteiger partial charge in [0.1, 0.15) is 0 Å². The molecule has 1 aliphatic carbocycles. The molecule has 0 aliphatic heterocycles. The standard InChI is InChI=1S/C15H26O4/c1-5-18-13(16)15(9-11(3)4,10-12-7-8-12)14(17)19-6-2/h11-12H,5-10H2,1-4H3. The van der Waals surface area contributed by atoms with Gasteiger partial charge in [0.15, 0.2) is 5.41 Å². The van der Waals surface area contributed by atoms with Crippen LogP contribution in [0.1, 0.15) is 53.4 Å². The molecule has 4 heteroatoms. The van der Waals surface area contributed by atoms with Crippen molar-refractivity contribution in [3.8, 4) is 0 Å². The Bertz CT molecular complexity index is 294. The first-order valence-corrected chi connectivity index (χ1v) is 7.30. The topological polar surface area (TPSA) is 52.6 Å². The Balaban J connectivity index is 2.98. The highest BCUT2D eigenvalue weighted by Gasteiger charge is 2.51. The lowest BCUT2D eigenvalue weighted by molar-refractivity contribution is -0.174. The maximum Gasteiger partial charge on any atom is 0.323 e. The molecule has 0 aromatic heterocycles. The molecule has 0 unspecified atom stereocenters. The summed E-state index contributed by atoms with van der Waals surface area (Å²) in [6.45, 7) is 8.15. The van der Waals surface area contributed by atoms with E-state index in [9.17, 15) is 9.59 Å². The second-order valence-electron chi connectivity index (χ2n) is 5.77. The molecule has 0 spiro atoms. The van der Waals surface area contributed by atoms with Gasteiger partial charge in [-0.2, -0.15) is 0 Å². The molecule has 0 atom stereocenters. The van der Waals surface area contributed by atoms with E-state index in [-0.39, 0.29) is 5.92 Å². The molecular weight excluding hydrogens is 244 g/mol. The third-order valence-electron chi connectivity index (χ3n) is 3.42. The van der Waals surface area contributed by atoms with Crippen LogP contribution in [0.2, 0.25) is 0 Å². The lowest BCUT2D eigenvalue weighted by Gasteiger charge is -2.30. The van der Waals surface area contributed by atoms with Gasteiger partial charge in [0, 0.05) is 0 Å². The summed E-state index contributed by atoms with van der Waals surface area (Å²) in [6, 6.07) is 0. The zero-order valence-corrected chi connectivity index (χ0v) is 12.5. The average Bonchev–Trinajstić information content (AvgIpc) is 3.11. The molecule has 4 nitrogen and oxygen atoms in total. The van der Waals surface area contributed by atoms with Crippen molar-refractivity contribution in [2.75, 3.05) is 13.2 Å². The number of carbonyl (C=O) groups excluding carboxylic acids is 2. The third-order valence-corrected chi connectivity index (χ3v) is 3.42. The van der Waals surface area contributed by atoms with Gasteiger partial charge in [0.25, 0.3) is 0 Å². The minimum absolute atomic E-state index is 0.243. The summed E-state index contributed by atoms with van der Waals surface area (Å²) < 4.78 is 10.3. The molecule has 0 aromatic rings. The first kappa shape index (κ1) is 16.0. The highest BCUT2D eigenvalue weighted by atomic mass is 16.6. The van der Waals surface area contributed by atoms with Crippen molar-refractivity contribution in [1.82, 2.24) is 0 Å². The third kappa shape index (κ3) is 4.22. The van der Waals surface area contributed by atoms with Crippen molar-refractivity contribution in [1.29, 1.82) is 0 Å². The largest absolute Gasteiger partial charge is 0.465 e. The number of carbonyl (C=O) groups is 2. The fourth-order valence-electron chi connectivity index (χ4n) is 2.55. The van der Waals surface area contributed by atoms with Gasteiger partial charge < -0.3 is 9.47 Å². The molecule has 0 aromatic carbocycles. The van der Waals surface area contributed by atoms with E-state index in [0.717, 1.165) is 12.8 Å². The number of rotatable bonds is 8. The minimum atomic E-state index is -1.10. The van der Waals surface area contributed by atoms with E-state index in [1.165, 1.54) is 0 Å². The maximum absolute atomic E-state index is 12.4. The molecule has 0 bridgehead atoms. The Morgan fingerprint density at radius 1 is 1.11 bits per heavy atom. The number of ether oxygens (including phenoxy) is 2. The van der Waals surface area contributed by atoms with Crippen molar-refractivity contribution in [2.45, 2.75) is 53.4 Å².